The largest absolute Gasteiger partial charge is 0.467 e. The molecule has 2 aromatic rings. The lowest BCUT2D eigenvalue weighted by Gasteiger charge is -2.13. The highest BCUT2D eigenvalue weighted by Gasteiger charge is 2.25. The van der Waals surface area contributed by atoms with Crippen molar-refractivity contribution in [3.05, 3.63) is 63.1 Å². The lowest BCUT2D eigenvalue weighted by atomic mass is 10.2. The first-order valence-electron chi connectivity index (χ1n) is 6.83. The normalized spacial score (nSPS) is 11.6. The second-order valence-electron chi connectivity index (χ2n) is 4.76. The summed E-state index contributed by atoms with van der Waals surface area (Å²) in [4.78, 5) is 34.2. The van der Waals surface area contributed by atoms with Gasteiger partial charge in [-0.3, -0.25) is 14.9 Å². The number of carbonyl (C=O) groups is 2. The van der Waals surface area contributed by atoms with Gasteiger partial charge in [-0.15, -0.1) is 0 Å². The van der Waals surface area contributed by atoms with Crippen LogP contribution in [-0.4, -0.2) is 22.9 Å². The van der Waals surface area contributed by atoms with Gasteiger partial charge in [-0.2, -0.15) is 0 Å². The molecule has 1 amide bonds. The van der Waals surface area contributed by atoms with Gasteiger partial charge in [0.1, 0.15) is 11.3 Å². The van der Waals surface area contributed by atoms with Gasteiger partial charge >= 0.3 is 5.97 Å². The van der Waals surface area contributed by atoms with Crippen molar-refractivity contribution in [1.82, 2.24) is 5.32 Å². The zero-order chi connectivity index (χ0) is 17.7. The molecule has 1 aromatic carbocycles. The molecule has 0 bridgehead atoms. The van der Waals surface area contributed by atoms with Gasteiger partial charge in [0.2, 0.25) is 0 Å². The van der Waals surface area contributed by atoms with Crippen LogP contribution in [0.4, 0.5) is 5.69 Å². The van der Waals surface area contributed by atoms with E-state index in [1.54, 1.807) is 12.1 Å². The Labute approximate surface area is 141 Å². The van der Waals surface area contributed by atoms with Crippen LogP contribution in [-0.2, 0) is 16.1 Å². The summed E-state index contributed by atoms with van der Waals surface area (Å²) in [6, 6.07) is 6.89. The summed E-state index contributed by atoms with van der Waals surface area (Å²) >= 11 is 5.68. The van der Waals surface area contributed by atoms with Crippen LogP contribution >= 0.6 is 11.6 Å². The van der Waals surface area contributed by atoms with Gasteiger partial charge in [0.25, 0.3) is 11.6 Å². The highest BCUT2D eigenvalue weighted by Crippen LogP contribution is 2.24. The van der Waals surface area contributed by atoms with Crippen LogP contribution in [0.2, 0.25) is 5.02 Å². The van der Waals surface area contributed by atoms with Crippen LogP contribution in [0.5, 0.6) is 0 Å². The van der Waals surface area contributed by atoms with Crippen molar-refractivity contribution in [2.75, 3.05) is 0 Å². The summed E-state index contributed by atoms with van der Waals surface area (Å²) in [6.45, 7) is 1.49. The van der Waals surface area contributed by atoms with Gasteiger partial charge in [0.15, 0.2) is 6.10 Å². The predicted molar refractivity (Wildman–Crippen MR) is 83.5 cm³/mol. The Balaban J connectivity index is 2.00. The van der Waals surface area contributed by atoms with Crippen molar-refractivity contribution in [3.63, 3.8) is 0 Å². The first-order chi connectivity index (χ1) is 11.4. The van der Waals surface area contributed by atoms with Gasteiger partial charge in [-0.1, -0.05) is 11.6 Å². The summed E-state index contributed by atoms with van der Waals surface area (Å²) in [6.07, 6.45) is 0.327. The number of nitro benzene ring substituents is 1. The Bertz CT molecular complexity index is 759. The first kappa shape index (κ1) is 17.5. The van der Waals surface area contributed by atoms with Crippen molar-refractivity contribution in [3.8, 4) is 0 Å². The molecule has 1 heterocycles. The molecule has 1 N–H and O–H groups in total. The van der Waals surface area contributed by atoms with E-state index in [1.165, 1.54) is 25.3 Å². The van der Waals surface area contributed by atoms with Crippen LogP contribution in [0.15, 0.2) is 41.0 Å². The number of ether oxygens (including phenoxy) is 1. The number of hydrogen-bond donors (Lipinski definition) is 1. The van der Waals surface area contributed by atoms with Crippen molar-refractivity contribution in [2.45, 2.75) is 19.6 Å². The summed E-state index contributed by atoms with van der Waals surface area (Å²) in [7, 11) is 0. The number of esters is 1. The topological polar surface area (TPSA) is 112 Å². The number of furan rings is 1. The molecular weight excluding hydrogens is 340 g/mol. The number of hydrogen-bond acceptors (Lipinski definition) is 6. The lowest BCUT2D eigenvalue weighted by Crippen LogP contribution is -2.35. The Hall–Kier alpha value is -2.87. The standard InChI is InChI=1S/C15H13ClN2O6/c1-9(14(19)17-8-11-3-2-6-23-11)24-15(20)12-5-4-10(16)7-13(12)18(21)22/h2-7,9H,8H2,1H3,(H,17,19). The van der Waals surface area contributed by atoms with E-state index in [0.717, 1.165) is 6.07 Å². The predicted octanol–water partition coefficient (Wildman–Crippen LogP) is 2.70. The molecule has 0 aliphatic rings. The monoisotopic (exact) mass is 352 g/mol. The van der Waals surface area contributed by atoms with Gasteiger partial charge in [-0.05, 0) is 31.2 Å². The molecular formula is C15H13ClN2O6. The van der Waals surface area contributed by atoms with Crippen LogP contribution in [0, 0.1) is 10.1 Å². The van der Waals surface area contributed by atoms with Crippen molar-refractivity contribution >= 4 is 29.2 Å². The molecule has 24 heavy (non-hydrogen) atoms. The van der Waals surface area contributed by atoms with E-state index in [2.05, 4.69) is 5.32 Å². The third-order valence-electron chi connectivity index (χ3n) is 3.05. The van der Waals surface area contributed by atoms with Crippen molar-refractivity contribution in [2.24, 2.45) is 0 Å². The minimum absolute atomic E-state index is 0.113. The fourth-order valence-electron chi connectivity index (χ4n) is 1.84. The molecule has 0 saturated heterocycles. The maximum absolute atomic E-state index is 12.1. The SMILES string of the molecule is CC(OC(=O)c1ccc(Cl)cc1[N+](=O)[O-])C(=O)NCc1ccco1. The molecule has 1 atom stereocenters. The Morgan fingerprint density at radius 3 is 2.79 bits per heavy atom. The minimum Gasteiger partial charge on any atom is -0.467 e. The Kier molecular flexibility index (Phi) is 5.54. The second-order valence-corrected chi connectivity index (χ2v) is 5.20. The number of benzene rings is 1. The summed E-state index contributed by atoms with van der Waals surface area (Å²) in [5.74, 6) is -1.01. The molecule has 1 unspecified atom stereocenters. The van der Waals surface area contributed by atoms with E-state index in [-0.39, 0.29) is 17.1 Å². The molecule has 8 nitrogen and oxygen atoms in total. The van der Waals surface area contributed by atoms with E-state index < -0.39 is 28.6 Å². The van der Waals surface area contributed by atoms with E-state index in [0.29, 0.717) is 5.76 Å². The number of nitro groups is 1. The fraction of sp³-hybridized carbons (Fsp3) is 0.200. The number of nitrogens with zero attached hydrogens (tertiary/aromatic N) is 1. The van der Waals surface area contributed by atoms with Gasteiger partial charge in [0, 0.05) is 11.1 Å². The molecule has 9 heteroatoms. The lowest BCUT2D eigenvalue weighted by molar-refractivity contribution is -0.385. The quantitative estimate of drug-likeness (QED) is 0.486. The summed E-state index contributed by atoms with van der Waals surface area (Å²) < 4.78 is 10.0. The van der Waals surface area contributed by atoms with Crippen molar-refractivity contribution < 1.29 is 23.7 Å². The molecule has 1 aromatic heterocycles. The fourth-order valence-corrected chi connectivity index (χ4v) is 2.00. The highest BCUT2D eigenvalue weighted by molar-refractivity contribution is 6.31. The minimum atomic E-state index is -1.14. The van der Waals surface area contributed by atoms with Crippen molar-refractivity contribution in [1.29, 1.82) is 0 Å². The van der Waals surface area contributed by atoms with E-state index in [1.807, 2.05) is 0 Å². The molecule has 2 rings (SSSR count). The van der Waals surface area contributed by atoms with Crippen LogP contribution in [0.3, 0.4) is 0 Å². The van der Waals surface area contributed by atoms with Crippen LogP contribution in [0.25, 0.3) is 0 Å². The third-order valence-corrected chi connectivity index (χ3v) is 3.28. The van der Waals surface area contributed by atoms with E-state index >= 15 is 0 Å². The first-order valence-corrected chi connectivity index (χ1v) is 7.21. The smallest absolute Gasteiger partial charge is 0.345 e. The third kappa shape index (κ3) is 4.32. The number of rotatable bonds is 6. The summed E-state index contributed by atoms with van der Waals surface area (Å²) in [5.41, 5.74) is -0.772. The van der Waals surface area contributed by atoms with Gasteiger partial charge < -0.3 is 14.5 Å². The Morgan fingerprint density at radius 1 is 1.42 bits per heavy atom. The maximum atomic E-state index is 12.1. The average Bonchev–Trinajstić information content (AvgIpc) is 3.05. The number of amides is 1. The maximum Gasteiger partial charge on any atom is 0.345 e. The van der Waals surface area contributed by atoms with Crippen LogP contribution in [0.1, 0.15) is 23.0 Å². The average molecular weight is 353 g/mol. The molecule has 0 fully saturated rings. The summed E-state index contributed by atoms with van der Waals surface area (Å²) in [5, 5.41) is 13.6. The Morgan fingerprint density at radius 2 is 2.17 bits per heavy atom. The second kappa shape index (κ2) is 7.60. The number of carbonyl (C=O) groups excluding carboxylic acids is 2. The van der Waals surface area contributed by atoms with E-state index in [4.69, 9.17) is 20.8 Å². The van der Waals surface area contributed by atoms with Gasteiger partial charge in [0.05, 0.1) is 17.7 Å². The number of nitrogens with one attached hydrogen (secondary N) is 1. The zero-order valence-corrected chi connectivity index (χ0v) is 13.3. The highest BCUT2D eigenvalue weighted by atomic mass is 35.5. The molecule has 0 radical (unpaired) electrons. The van der Waals surface area contributed by atoms with Crippen LogP contribution < -0.4 is 5.32 Å². The molecule has 0 aliphatic carbocycles. The molecule has 0 aliphatic heterocycles. The van der Waals surface area contributed by atoms with Gasteiger partial charge in [-0.25, -0.2) is 4.79 Å². The molecule has 0 spiro atoms. The molecule has 126 valence electrons. The van der Waals surface area contributed by atoms with E-state index in [9.17, 15) is 19.7 Å². The molecule has 0 saturated carbocycles. The zero-order valence-electron chi connectivity index (χ0n) is 12.5. The number of halogens is 1.